The van der Waals surface area contributed by atoms with Crippen molar-refractivity contribution in [3.8, 4) is 5.75 Å². The van der Waals surface area contributed by atoms with Gasteiger partial charge in [0.25, 0.3) is 0 Å². The second-order valence-electron chi connectivity index (χ2n) is 10.5. The third-order valence-electron chi connectivity index (χ3n) is 7.92. The van der Waals surface area contributed by atoms with Gasteiger partial charge in [-0.15, -0.1) is 0 Å². The molecule has 1 fully saturated rings. The molecule has 1 saturated carbocycles. The molecule has 1 aromatic carbocycles. The van der Waals surface area contributed by atoms with Gasteiger partial charge in [-0.2, -0.15) is 13.2 Å². The Bertz CT molecular complexity index is 1060. The predicted molar refractivity (Wildman–Crippen MR) is 129 cm³/mol. The van der Waals surface area contributed by atoms with Crippen LogP contribution in [0.4, 0.5) is 13.2 Å². The van der Waals surface area contributed by atoms with Gasteiger partial charge in [0.05, 0.1) is 11.8 Å². The summed E-state index contributed by atoms with van der Waals surface area (Å²) >= 11 is 0. The van der Waals surface area contributed by atoms with E-state index in [2.05, 4.69) is 25.2 Å². The van der Waals surface area contributed by atoms with Crippen LogP contribution in [0.2, 0.25) is 0 Å². The molecular formula is C27H32F3N3O2. The van der Waals surface area contributed by atoms with E-state index in [1.807, 2.05) is 18.2 Å². The van der Waals surface area contributed by atoms with Crippen molar-refractivity contribution in [2.24, 2.45) is 33.7 Å². The molecule has 7 atom stereocenters. The van der Waals surface area contributed by atoms with Crippen molar-refractivity contribution in [3.63, 3.8) is 0 Å². The summed E-state index contributed by atoms with van der Waals surface area (Å²) in [5, 5.41) is 3.31. The Morgan fingerprint density at radius 2 is 1.94 bits per heavy atom. The zero-order valence-corrected chi connectivity index (χ0v) is 20.1. The van der Waals surface area contributed by atoms with Crippen LogP contribution in [0.15, 0.2) is 46.4 Å². The first-order valence-corrected chi connectivity index (χ1v) is 12.6. The molecule has 2 heterocycles. The van der Waals surface area contributed by atoms with E-state index in [9.17, 15) is 18.0 Å². The lowest BCUT2D eigenvalue weighted by atomic mass is 9.71. The first-order valence-electron chi connectivity index (χ1n) is 12.6. The zero-order valence-electron chi connectivity index (χ0n) is 20.1. The smallest absolute Gasteiger partial charge is 0.395 e. The quantitative estimate of drug-likeness (QED) is 0.535. The van der Waals surface area contributed by atoms with E-state index in [1.165, 1.54) is 6.08 Å². The number of nitrogens with one attached hydrogen (secondary N) is 1. The van der Waals surface area contributed by atoms with Gasteiger partial charge in [0.15, 0.2) is 6.23 Å². The number of carbonyl (C=O) groups is 1. The van der Waals surface area contributed by atoms with Gasteiger partial charge in [0.1, 0.15) is 11.5 Å². The van der Waals surface area contributed by atoms with Crippen molar-refractivity contribution >= 4 is 17.5 Å². The molecule has 35 heavy (non-hydrogen) atoms. The Kier molecular flexibility index (Phi) is 6.49. The molecule has 5 nitrogen and oxygen atoms in total. The first-order chi connectivity index (χ1) is 16.7. The molecule has 4 aliphatic rings. The summed E-state index contributed by atoms with van der Waals surface area (Å²) in [6.07, 6.45) is 1.27. The van der Waals surface area contributed by atoms with Crippen LogP contribution >= 0.6 is 0 Å². The molecule has 7 unspecified atom stereocenters. The summed E-state index contributed by atoms with van der Waals surface area (Å²) in [5.74, 6) is -0.641. The minimum atomic E-state index is -4.29. The molecule has 0 spiro atoms. The Morgan fingerprint density at radius 1 is 1.14 bits per heavy atom. The minimum absolute atomic E-state index is 0.0385. The number of fused-ring (bicyclic) bond motifs is 2. The number of benzene rings is 1. The van der Waals surface area contributed by atoms with E-state index in [1.54, 1.807) is 6.08 Å². The molecule has 0 aromatic heterocycles. The van der Waals surface area contributed by atoms with Gasteiger partial charge in [-0.1, -0.05) is 44.2 Å². The molecule has 2 aliphatic heterocycles. The van der Waals surface area contributed by atoms with Crippen LogP contribution < -0.4 is 10.1 Å². The van der Waals surface area contributed by atoms with Gasteiger partial charge in [-0.3, -0.25) is 4.79 Å². The Balaban J connectivity index is 1.46. The summed E-state index contributed by atoms with van der Waals surface area (Å²) in [6.45, 7) is 4.27. The molecule has 5 rings (SSSR count). The predicted octanol–water partition coefficient (Wildman–Crippen LogP) is 5.82. The van der Waals surface area contributed by atoms with E-state index in [0.29, 0.717) is 37.6 Å². The molecule has 0 amide bonds. The van der Waals surface area contributed by atoms with Crippen molar-refractivity contribution < 1.29 is 22.7 Å². The molecule has 8 heteroatoms. The van der Waals surface area contributed by atoms with Gasteiger partial charge in [-0.05, 0) is 55.6 Å². The highest BCUT2D eigenvalue weighted by Crippen LogP contribution is 2.41. The number of ketones is 1. The number of guanidine groups is 1. The number of hydrogen-bond donors (Lipinski definition) is 1. The van der Waals surface area contributed by atoms with Crippen LogP contribution in [0.25, 0.3) is 0 Å². The van der Waals surface area contributed by atoms with Crippen LogP contribution in [0.3, 0.4) is 0 Å². The number of aliphatic imine (C=N–C) groups is 2. The topological polar surface area (TPSA) is 63.0 Å². The number of ether oxygens (including phenoxy) is 1. The fraction of sp³-hybridized carbons (Fsp3) is 0.593. The second-order valence-corrected chi connectivity index (χ2v) is 10.5. The van der Waals surface area contributed by atoms with E-state index in [0.717, 1.165) is 23.4 Å². The largest absolute Gasteiger partial charge is 0.468 e. The van der Waals surface area contributed by atoms with E-state index < -0.39 is 30.3 Å². The van der Waals surface area contributed by atoms with Crippen LogP contribution in [0.1, 0.15) is 63.9 Å². The lowest BCUT2D eigenvalue weighted by Gasteiger charge is -2.41. The number of halogens is 3. The van der Waals surface area contributed by atoms with Crippen LogP contribution in [-0.4, -0.2) is 35.9 Å². The summed E-state index contributed by atoms with van der Waals surface area (Å²) in [6, 6.07) is 7.51. The van der Waals surface area contributed by atoms with Crippen molar-refractivity contribution in [1.29, 1.82) is 0 Å². The Morgan fingerprint density at radius 3 is 2.74 bits per heavy atom. The number of allylic oxidation sites excluding steroid dienone is 2. The third kappa shape index (κ3) is 4.89. The second kappa shape index (κ2) is 9.43. The van der Waals surface area contributed by atoms with Gasteiger partial charge in [0, 0.05) is 24.1 Å². The molecule has 0 saturated heterocycles. The number of Topliss-reactive ketones (excluding diaryl/α,β-unsaturated/α-hetero) is 1. The number of nitrogens with zero attached hydrogens (tertiary/aromatic N) is 2. The summed E-state index contributed by atoms with van der Waals surface area (Å²) in [7, 11) is 0. The van der Waals surface area contributed by atoms with Gasteiger partial charge in [0.2, 0.25) is 5.96 Å². The summed E-state index contributed by atoms with van der Waals surface area (Å²) in [5.41, 5.74) is 1.89. The van der Waals surface area contributed by atoms with Crippen molar-refractivity contribution in [2.45, 2.75) is 76.7 Å². The highest BCUT2D eigenvalue weighted by molar-refractivity contribution is 6.13. The number of hydrogen-bond acceptors (Lipinski definition) is 3. The van der Waals surface area contributed by atoms with E-state index >= 15 is 0 Å². The van der Waals surface area contributed by atoms with Crippen LogP contribution in [-0.2, 0) is 4.79 Å². The minimum Gasteiger partial charge on any atom is -0.468 e. The van der Waals surface area contributed by atoms with Crippen LogP contribution in [0, 0.1) is 23.7 Å². The average molecular weight is 488 g/mol. The fourth-order valence-electron chi connectivity index (χ4n) is 6.10. The van der Waals surface area contributed by atoms with Crippen molar-refractivity contribution in [2.75, 3.05) is 0 Å². The molecular weight excluding hydrogens is 455 g/mol. The van der Waals surface area contributed by atoms with Gasteiger partial charge in [-0.25, -0.2) is 9.98 Å². The number of para-hydroxylation sites is 1. The maximum Gasteiger partial charge on any atom is 0.395 e. The number of carbonyl (C=O) groups excluding carboxylic acids is 1. The monoisotopic (exact) mass is 487 g/mol. The van der Waals surface area contributed by atoms with E-state index in [-0.39, 0.29) is 24.0 Å². The normalized spacial score (nSPS) is 36.4. The molecule has 2 aliphatic carbocycles. The van der Waals surface area contributed by atoms with Gasteiger partial charge < -0.3 is 10.1 Å². The fourth-order valence-corrected chi connectivity index (χ4v) is 6.10. The maximum atomic E-state index is 13.5. The number of alkyl halides is 3. The molecule has 188 valence electrons. The first kappa shape index (κ1) is 24.1. The number of rotatable bonds is 2. The Hall–Kier alpha value is -2.64. The Labute approximate surface area is 203 Å². The van der Waals surface area contributed by atoms with Crippen molar-refractivity contribution in [3.05, 3.63) is 42.0 Å². The lowest BCUT2D eigenvalue weighted by molar-refractivity contribution is -0.167. The summed E-state index contributed by atoms with van der Waals surface area (Å²) in [4.78, 5) is 22.5. The molecule has 0 bridgehead atoms. The third-order valence-corrected chi connectivity index (χ3v) is 7.92. The maximum absolute atomic E-state index is 13.5. The van der Waals surface area contributed by atoms with Gasteiger partial charge >= 0.3 is 6.18 Å². The molecule has 1 aromatic rings. The zero-order chi connectivity index (χ0) is 24.7. The van der Waals surface area contributed by atoms with Crippen molar-refractivity contribution in [1.82, 2.24) is 5.32 Å². The average Bonchev–Trinajstić information content (AvgIpc) is 2.94. The van der Waals surface area contributed by atoms with E-state index in [4.69, 9.17) is 14.7 Å². The SMILES string of the molecule is CC1CC(C)C(N=C2N=C3CCCC(=O)C3C(C3CC=CC(C(F)(F)F)C3)N2)Oc2ccccc21. The highest BCUT2D eigenvalue weighted by Gasteiger charge is 2.47. The summed E-state index contributed by atoms with van der Waals surface area (Å²) < 4.78 is 46.8. The van der Waals surface area contributed by atoms with Crippen LogP contribution in [0.5, 0.6) is 5.75 Å². The molecule has 0 radical (unpaired) electrons. The lowest BCUT2D eigenvalue weighted by Crippen LogP contribution is -2.56. The molecule has 1 N–H and O–H groups in total. The highest BCUT2D eigenvalue weighted by atomic mass is 19.4. The standard InChI is InChI=1S/C27H32F3N3O2/c1-15-13-16(2)25(35-22-12-4-3-9-19(15)22)33-26-31-20-10-6-11-21(34)23(20)24(32-26)17-7-5-8-18(14-17)27(28,29)30/h3-5,8-9,12,15-18,23-25H,6-7,10-11,13-14H2,1-2H3,(H,32,33).